The van der Waals surface area contributed by atoms with Crippen LogP contribution in [0.25, 0.3) is 43.9 Å². The van der Waals surface area contributed by atoms with Crippen LogP contribution < -0.4 is 30.2 Å². The van der Waals surface area contributed by atoms with Gasteiger partial charge in [0.05, 0.1) is 59.5 Å². The second-order valence-corrected chi connectivity index (χ2v) is 12.0. The van der Waals surface area contributed by atoms with Gasteiger partial charge in [-0.1, -0.05) is 0 Å². The molecule has 0 saturated carbocycles. The van der Waals surface area contributed by atoms with E-state index in [-0.39, 0.29) is 47.0 Å². The molecule has 4 aromatic heterocycles. The SMILES string of the molecule is COc1c2ccoc2c(OC[C@@H](OC(C)(C)[C@@H](O)COc2c3occc3c(OC)c3ccc(=O)oc23)C(C)(C)O)c2oc(=O)ccc12. The minimum Gasteiger partial charge on any atom is -0.495 e. The van der Waals surface area contributed by atoms with Crippen LogP contribution in [-0.4, -0.2) is 61.1 Å². The molecule has 13 heteroatoms. The Kier molecular flexibility index (Phi) is 8.16. The van der Waals surface area contributed by atoms with Crippen molar-refractivity contribution in [2.24, 2.45) is 0 Å². The summed E-state index contributed by atoms with van der Waals surface area (Å²) in [6.07, 6.45) is 0.596. The molecule has 0 radical (unpaired) electrons. The maximum Gasteiger partial charge on any atom is 0.336 e. The first-order valence-electron chi connectivity index (χ1n) is 14.7. The van der Waals surface area contributed by atoms with Crippen molar-refractivity contribution in [2.75, 3.05) is 27.4 Å². The Morgan fingerprint density at radius 2 is 1.11 bits per heavy atom. The molecule has 0 saturated heterocycles. The van der Waals surface area contributed by atoms with Crippen molar-refractivity contribution in [3.63, 3.8) is 0 Å². The van der Waals surface area contributed by atoms with Gasteiger partial charge in [-0.15, -0.1) is 0 Å². The third-order valence-corrected chi connectivity index (χ3v) is 8.01. The predicted molar refractivity (Wildman–Crippen MR) is 170 cm³/mol. The number of methoxy groups -OCH3 is 2. The Morgan fingerprint density at radius 3 is 1.55 bits per heavy atom. The first kappa shape index (κ1) is 32.0. The van der Waals surface area contributed by atoms with E-state index in [9.17, 15) is 19.8 Å². The van der Waals surface area contributed by atoms with E-state index in [4.69, 9.17) is 41.4 Å². The molecule has 0 amide bonds. The zero-order valence-corrected chi connectivity index (χ0v) is 26.6. The summed E-state index contributed by atoms with van der Waals surface area (Å²) in [5.41, 5.74) is -3.29. The summed E-state index contributed by atoms with van der Waals surface area (Å²) in [7, 11) is 2.98. The molecule has 4 heterocycles. The fourth-order valence-corrected chi connectivity index (χ4v) is 5.40. The largest absolute Gasteiger partial charge is 0.495 e. The lowest BCUT2D eigenvalue weighted by Gasteiger charge is -2.39. The van der Waals surface area contributed by atoms with Crippen molar-refractivity contribution >= 4 is 43.9 Å². The number of aliphatic hydroxyl groups excluding tert-OH is 1. The van der Waals surface area contributed by atoms with E-state index in [1.54, 1.807) is 38.1 Å². The van der Waals surface area contributed by atoms with Crippen LogP contribution in [0, 0.1) is 0 Å². The van der Waals surface area contributed by atoms with Crippen LogP contribution in [0.2, 0.25) is 0 Å². The zero-order chi connectivity index (χ0) is 33.7. The topological polar surface area (TPSA) is 173 Å². The number of hydrogen-bond donors (Lipinski definition) is 2. The molecule has 0 aliphatic rings. The van der Waals surface area contributed by atoms with Crippen LogP contribution in [0.1, 0.15) is 27.7 Å². The van der Waals surface area contributed by atoms with Crippen LogP contribution in [0.5, 0.6) is 23.0 Å². The molecule has 6 rings (SSSR count). The summed E-state index contributed by atoms with van der Waals surface area (Å²) in [5.74, 6) is 1.10. The summed E-state index contributed by atoms with van der Waals surface area (Å²) in [5, 5.41) is 24.6. The monoisotopic (exact) mass is 650 g/mol. The van der Waals surface area contributed by atoms with Crippen molar-refractivity contribution in [1.82, 2.24) is 0 Å². The molecule has 6 aromatic rings. The Bertz CT molecular complexity index is 2190. The van der Waals surface area contributed by atoms with Crippen molar-refractivity contribution in [3.8, 4) is 23.0 Å². The maximum atomic E-state index is 12.2. The number of benzene rings is 2. The quantitative estimate of drug-likeness (QED) is 0.166. The van der Waals surface area contributed by atoms with Gasteiger partial charge >= 0.3 is 11.3 Å². The number of fused-ring (bicyclic) bond motifs is 4. The van der Waals surface area contributed by atoms with Crippen molar-refractivity contribution in [1.29, 1.82) is 0 Å². The van der Waals surface area contributed by atoms with Crippen LogP contribution in [0.3, 0.4) is 0 Å². The van der Waals surface area contributed by atoms with Gasteiger partial charge in [-0.25, -0.2) is 9.59 Å². The molecule has 0 spiro atoms. The average Bonchev–Trinajstić information content (AvgIpc) is 3.70. The van der Waals surface area contributed by atoms with Crippen LogP contribution >= 0.6 is 0 Å². The Labute approximate surface area is 266 Å². The Hall–Kier alpha value is -4.98. The van der Waals surface area contributed by atoms with E-state index in [2.05, 4.69) is 0 Å². The van der Waals surface area contributed by atoms with Crippen LogP contribution in [0.4, 0.5) is 0 Å². The smallest absolute Gasteiger partial charge is 0.336 e. The van der Waals surface area contributed by atoms with E-state index in [0.29, 0.717) is 33.0 Å². The van der Waals surface area contributed by atoms with Crippen LogP contribution in [-0.2, 0) is 4.74 Å². The van der Waals surface area contributed by atoms with Gasteiger partial charge in [-0.05, 0) is 52.0 Å². The molecule has 0 aliphatic heterocycles. The molecule has 2 aromatic carbocycles. The summed E-state index contributed by atoms with van der Waals surface area (Å²) < 4.78 is 51.9. The van der Waals surface area contributed by atoms with Crippen molar-refractivity contribution < 1.29 is 51.6 Å². The number of ether oxygens (including phenoxy) is 5. The molecular formula is C34H34O13. The molecule has 248 valence electrons. The normalized spacial score (nSPS) is 13.8. The average molecular weight is 651 g/mol. The first-order valence-corrected chi connectivity index (χ1v) is 14.7. The minimum absolute atomic E-state index is 0.0908. The van der Waals surface area contributed by atoms with Gasteiger partial charge in [0.1, 0.15) is 36.9 Å². The van der Waals surface area contributed by atoms with Gasteiger partial charge in [0.25, 0.3) is 0 Å². The molecule has 47 heavy (non-hydrogen) atoms. The predicted octanol–water partition coefficient (Wildman–Crippen LogP) is 5.16. The first-order chi connectivity index (χ1) is 22.3. The molecule has 2 N–H and O–H groups in total. The highest BCUT2D eigenvalue weighted by atomic mass is 16.6. The fraction of sp³-hybridized carbons (Fsp3) is 0.353. The molecule has 0 bridgehead atoms. The molecule has 13 nitrogen and oxygen atoms in total. The van der Waals surface area contributed by atoms with Crippen molar-refractivity contribution in [3.05, 3.63) is 69.8 Å². The standard InChI is InChI=1S/C34H34O13/c1-33(2,38)22(16-44-32-28-20(12-14-42-28)26(40-6)18-8-10-24(37)46-30(18)32)47-34(3,4)21(35)15-43-31-27-19(11-13-41-27)25(39-5)17-7-9-23(36)45-29(17)31/h7-14,21-22,35,38H,15-16H2,1-6H3/t21-,22+/m0/s1. The molecule has 0 unspecified atom stereocenters. The fourth-order valence-electron chi connectivity index (χ4n) is 5.40. The Balaban J connectivity index is 1.26. The number of hydrogen-bond acceptors (Lipinski definition) is 13. The summed E-state index contributed by atoms with van der Waals surface area (Å²) in [6, 6.07) is 9.05. The molecule has 0 aliphatic carbocycles. The van der Waals surface area contributed by atoms with E-state index in [1.807, 2.05) is 0 Å². The Morgan fingerprint density at radius 1 is 0.660 bits per heavy atom. The summed E-state index contributed by atoms with van der Waals surface area (Å²) >= 11 is 0. The third kappa shape index (κ3) is 5.77. The number of furan rings is 2. The van der Waals surface area contributed by atoms with E-state index >= 15 is 0 Å². The summed E-state index contributed by atoms with van der Waals surface area (Å²) in [6.45, 7) is 5.77. The third-order valence-electron chi connectivity index (χ3n) is 8.01. The van der Waals surface area contributed by atoms with Gasteiger partial charge in [0.15, 0.2) is 22.3 Å². The maximum absolute atomic E-state index is 12.2. The van der Waals surface area contributed by atoms with E-state index < -0.39 is 34.7 Å². The zero-order valence-electron chi connectivity index (χ0n) is 26.6. The van der Waals surface area contributed by atoms with Gasteiger partial charge in [-0.3, -0.25) is 0 Å². The number of aliphatic hydroxyl groups is 2. The highest BCUT2D eigenvalue weighted by Crippen LogP contribution is 2.44. The minimum atomic E-state index is -1.47. The van der Waals surface area contributed by atoms with E-state index in [0.717, 1.165) is 0 Å². The second-order valence-electron chi connectivity index (χ2n) is 12.0. The van der Waals surface area contributed by atoms with Crippen molar-refractivity contribution in [2.45, 2.75) is 51.1 Å². The lowest BCUT2D eigenvalue weighted by molar-refractivity contribution is -0.197. The summed E-state index contributed by atoms with van der Waals surface area (Å²) in [4.78, 5) is 24.3. The molecular weight excluding hydrogens is 616 g/mol. The van der Waals surface area contributed by atoms with Gasteiger partial charge in [0, 0.05) is 12.1 Å². The van der Waals surface area contributed by atoms with Crippen LogP contribution in [0.15, 0.2) is 76.2 Å². The highest BCUT2D eigenvalue weighted by molar-refractivity contribution is 6.07. The van der Waals surface area contributed by atoms with Gasteiger partial charge < -0.3 is 51.6 Å². The molecule has 0 fully saturated rings. The van der Waals surface area contributed by atoms with Gasteiger partial charge in [-0.2, -0.15) is 0 Å². The van der Waals surface area contributed by atoms with E-state index in [1.165, 1.54) is 52.7 Å². The second kappa shape index (κ2) is 12.0. The highest BCUT2D eigenvalue weighted by Gasteiger charge is 2.39. The van der Waals surface area contributed by atoms with Gasteiger partial charge in [0.2, 0.25) is 11.5 Å². The molecule has 2 atom stereocenters. The number of rotatable bonds is 12. The lowest BCUT2D eigenvalue weighted by Crippen LogP contribution is -2.52. The lowest BCUT2D eigenvalue weighted by atomic mass is 9.97.